The summed E-state index contributed by atoms with van der Waals surface area (Å²) in [5.41, 5.74) is 1.05. The van der Waals surface area contributed by atoms with Gasteiger partial charge < -0.3 is 10.2 Å². The second kappa shape index (κ2) is 7.33. The molecule has 0 saturated carbocycles. The Hall–Kier alpha value is -2.25. The maximum Gasteiger partial charge on any atom is 0.265 e. The van der Waals surface area contributed by atoms with Gasteiger partial charge in [-0.1, -0.05) is 23.5 Å². The number of anilines is 2. The summed E-state index contributed by atoms with van der Waals surface area (Å²) in [4.78, 5) is 32.5. The van der Waals surface area contributed by atoms with Crippen molar-refractivity contribution in [1.82, 2.24) is 4.98 Å². The van der Waals surface area contributed by atoms with E-state index in [0.29, 0.717) is 16.1 Å². The Morgan fingerprint density at radius 1 is 1.16 bits per heavy atom. The highest BCUT2D eigenvalue weighted by Gasteiger charge is 2.17. The molecule has 5 nitrogen and oxygen atoms in total. The lowest BCUT2D eigenvalue weighted by molar-refractivity contribution is 0.101. The van der Waals surface area contributed by atoms with Crippen LogP contribution in [-0.4, -0.2) is 29.8 Å². The molecule has 2 heterocycles. The van der Waals surface area contributed by atoms with Crippen LogP contribution in [0, 0.1) is 0 Å². The lowest BCUT2D eigenvalue weighted by atomic mass is 10.1. The standard InChI is InChI=1S/C18H19N3O2S2/c1-4-21(5-2)18-20-17-15(25-18)10-14(24-17)16(23)19-13-9-7-6-8-12(13)11(3)22/h6-10H,4-5H2,1-3H3,(H,19,23). The van der Waals surface area contributed by atoms with Crippen LogP contribution in [0.3, 0.4) is 0 Å². The Balaban J connectivity index is 1.84. The van der Waals surface area contributed by atoms with Gasteiger partial charge in [-0.05, 0) is 39.0 Å². The van der Waals surface area contributed by atoms with E-state index in [1.165, 1.54) is 18.3 Å². The van der Waals surface area contributed by atoms with Crippen LogP contribution < -0.4 is 10.2 Å². The molecule has 1 amide bonds. The van der Waals surface area contributed by atoms with Crippen molar-refractivity contribution >= 4 is 54.7 Å². The van der Waals surface area contributed by atoms with E-state index in [0.717, 1.165) is 27.8 Å². The number of thiophene rings is 1. The summed E-state index contributed by atoms with van der Waals surface area (Å²) in [6.07, 6.45) is 0. The highest BCUT2D eigenvalue weighted by atomic mass is 32.1. The predicted molar refractivity (Wildman–Crippen MR) is 105 cm³/mol. The minimum atomic E-state index is -0.215. The third-order valence-electron chi connectivity index (χ3n) is 3.89. The Kier molecular flexibility index (Phi) is 5.15. The van der Waals surface area contributed by atoms with Crippen LogP contribution in [0.4, 0.5) is 10.8 Å². The quantitative estimate of drug-likeness (QED) is 0.639. The average Bonchev–Trinajstić information content (AvgIpc) is 3.15. The van der Waals surface area contributed by atoms with E-state index in [9.17, 15) is 9.59 Å². The largest absolute Gasteiger partial charge is 0.349 e. The number of carbonyl (C=O) groups is 2. The van der Waals surface area contributed by atoms with Gasteiger partial charge in [0.25, 0.3) is 5.91 Å². The summed E-state index contributed by atoms with van der Waals surface area (Å²) in [5, 5.41) is 3.82. The van der Waals surface area contributed by atoms with E-state index in [-0.39, 0.29) is 11.7 Å². The van der Waals surface area contributed by atoms with Gasteiger partial charge in [0.2, 0.25) is 0 Å². The van der Waals surface area contributed by atoms with E-state index in [4.69, 9.17) is 0 Å². The number of nitrogens with zero attached hydrogens (tertiary/aromatic N) is 2. The molecular weight excluding hydrogens is 354 g/mol. The zero-order chi connectivity index (χ0) is 18.0. The van der Waals surface area contributed by atoms with Crippen LogP contribution in [0.1, 0.15) is 40.8 Å². The van der Waals surface area contributed by atoms with Crippen LogP contribution >= 0.6 is 22.7 Å². The first-order chi connectivity index (χ1) is 12.0. The average molecular weight is 374 g/mol. The van der Waals surface area contributed by atoms with E-state index < -0.39 is 0 Å². The molecule has 0 fully saturated rings. The molecule has 3 rings (SSSR count). The fraction of sp³-hybridized carbons (Fsp3) is 0.278. The molecule has 0 atom stereocenters. The molecule has 0 radical (unpaired) electrons. The maximum absolute atomic E-state index is 12.5. The molecular formula is C18H19N3O2S2. The highest BCUT2D eigenvalue weighted by Crippen LogP contribution is 2.35. The Bertz CT molecular complexity index is 894. The van der Waals surface area contributed by atoms with Crippen molar-refractivity contribution in [3.8, 4) is 0 Å². The molecule has 130 valence electrons. The summed E-state index contributed by atoms with van der Waals surface area (Å²) in [7, 11) is 0. The first-order valence-electron chi connectivity index (χ1n) is 8.10. The number of Topliss-reactive ketones (excluding diaryl/α,β-unsaturated/α-hetero) is 1. The Morgan fingerprint density at radius 2 is 1.88 bits per heavy atom. The summed E-state index contributed by atoms with van der Waals surface area (Å²) in [6.45, 7) is 7.51. The first-order valence-corrected chi connectivity index (χ1v) is 9.73. The van der Waals surface area contributed by atoms with Crippen molar-refractivity contribution < 1.29 is 9.59 Å². The fourth-order valence-electron chi connectivity index (χ4n) is 2.55. The number of benzene rings is 1. The van der Waals surface area contributed by atoms with Crippen molar-refractivity contribution in [2.45, 2.75) is 20.8 Å². The number of amides is 1. The predicted octanol–water partition coefficient (Wildman–Crippen LogP) is 4.66. The molecule has 3 aromatic rings. The lowest BCUT2D eigenvalue weighted by Gasteiger charge is -2.16. The molecule has 0 aliphatic carbocycles. The highest BCUT2D eigenvalue weighted by molar-refractivity contribution is 7.29. The van der Waals surface area contributed by atoms with Gasteiger partial charge in [0, 0.05) is 18.7 Å². The van der Waals surface area contributed by atoms with Crippen molar-refractivity contribution in [2.24, 2.45) is 0 Å². The molecule has 0 spiro atoms. The number of nitrogens with one attached hydrogen (secondary N) is 1. The summed E-state index contributed by atoms with van der Waals surface area (Å²) in [6, 6.07) is 8.90. The minimum absolute atomic E-state index is 0.0754. The fourth-order valence-corrected chi connectivity index (χ4v) is 4.78. The number of carbonyl (C=O) groups excluding carboxylic acids is 2. The van der Waals surface area contributed by atoms with Crippen LogP contribution in [0.15, 0.2) is 30.3 Å². The van der Waals surface area contributed by atoms with Gasteiger partial charge in [0.05, 0.1) is 15.3 Å². The zero-order valence-corrected chi connectivity index (χ0v) is 16.0. The number of aromatic nitrogens is 1. The third-order valence-corrected chi connectivity index (χ3v) is 6.11. The number of rotatable bonds is 6. The number of hydrogen-bond acceptors (Lipinski definition) is 6. The number of para-hydroxylation sites is 1. The third kappa shape index (κ3) is 3.57. The van der Waals surface area contributed by atoms with E-state index in [1.807, 2.05) is 6.07 Å². The molecule has 0 aliphatic heterocycles. The number of hydrogen-bond donors (Lipinski definition) is 1. The normalized spacial score (nSPS) is 10.8. The SMILES string of the molecule is CCN(CC)c1nc2sc(C(=O)Nc3ccccc3C(C)=O)cc2s1. The van der Waals surface area contributed by atoms with Gasteiger partial charge >= 0.3 is 0 Å². The molecule has 1 aromatic carbocycles. The number of fused-ring (bicyclic) bond motifs is 1. The molecule has 0 bridgehead atoms. The summed E-state index contributed by atoms with van der Waals surface area (Å²) >= 11 is 2.97. The van der Waals surface area contributed by atoms with Crippen LogP contribution in [0.5, 0.6) is 0 Å². The van der Waals surface area contributed by atoms with Gasteiger partial charge in [-0.25, -0.2) is 4.98 Å². The molecule has 7 heteroatoms. The number of ketones is 1. The molecule has 1 N–H and O–H groups in total. The topological polar surface area (TPSA) is 62.3 Å². The Morgan fingerprint density at radius 3 is 2.52 bits per heavy atom. The smallest absolute Gasteiger partial charge is 0.265 e. The van der Waals surface area contributed by atoms with Crippen molar-refractivity contribution in [2.75, 3.05) is 23.3 Å². The molecule has 25 heavy (non-hydrogen) atoms. The van der Waals surface area contributed by atoms with Gasteiger partial charge in [0.1, 0.15) is 4.83 Å². The van der Waals surface area contributed by atoms with Gasteiger partial charge in [-0.2, -0.15) is 0 Å². The second-order valence-corrected chi connectivity index (χ2v) is 7.54. The van der Waals surface area contributed by atoms with Crippen LogP contribution in [0.2, 0.25) is 0 Å². The minimum Gasteiger partial charge on any atom is -0.349 e. The monoisotopic (exact) mass is 373 g/mol. The van der Waals surface area contributed by atoms with Gasteiger partial charge in [-0.3, -0.25) is 9.59 Å². The van der Waals surface area contributed by atoms with Crippen molar-refractivity contribution in [3.05, 3.63) is 40.8 Å². The Labute approximate surface area is 154 Å². The van der Waals surface area contributed by atoms with E-state index >= 15 is 0 Å². The van der Waals surface area contributed by atoms with E-state index in [1.54, 1.807) is 35.6 Å². The lowest BCUT2D eigenvalue weighted by Crippen LogP contribution is -2.21. The first kappa shape index (κ1) is 17.6. The van der Waals surface area contributed by atoms with Gasteiger partial charge in [-0.15, -0.1) is 11.3 Å². The summed E-state index contributed by atoms with van der Waals surface area (Å²) < 4.78 is 1.01. The van der Waals surface area contributed by atoms with Crippen molar-refractivity contribution in [1.29, 1.82) is 0 Å². The molecule has 0 unspecified atom stereocenters. The van der Waals surface area contributed by atoms with Crippen LogP contribution in [-0.2, 0) is 0 Å². The van der Waals surface area contributed by atoms with Crippen LogP contribution in [0.25, 0.3) is 9.53 Å². The molecule has 0 saturated heterocycles. The second-order valence-electron chi connectivity index (χ2n) is 5.50. The molecule has 0 aliphatic rings. The van der Waals surface area contributed by atoms with Gasteiger partial charge in [0.15, 0.2) is 10.9 Å². The number of thiazole rings is 1. The van der Waals surface area contributed by atoms with E-state index in [2.05, 4.69) is 29.0 Å². The van der Waals surface area contributed by atoms with Crippen molar-refractivity contribution in [3.63, 3.8) is 0 Å². The summed E-state index contributed by atoms with van der Waals surface area (Å²) in [5.74, 6) is -0.290. The maximum atomic E-state index is 12.5. The molecule has 2 aromatic heterocycles. The zero-order valence-electron chi connectivity index (χ0n) is 14.3.